The molecule has 5 heteroatoms. The topological polar surface area (TPSA) is 73.6 Å². The minimum Gasteiger partial charge on any atom is -0.461 e. The van der Waals surface area contributed by atoms with Crippen LogP contribution in [0.3, 0.4) is 0 Å². The molecule has 0 fully saturated rings. The predicted molar refractivity (Wildman–Crippen MR) is 67.7 cm³/mol. The molecule has 2 rings (SSSR count). The maximum Gasteiger partial charge on any atom is 0.339 e. The quantitative estimate of drug-likeness (QED) is 0.474. The first kappa shape index (κ1) is 13.0. The van der Waals surface area contributed by atoms with Crippen LogP contribution in [0.2, 0.25) is 0 Å². The van der Waals surface area contributed by atoms with E-state index in [0.717, 1.165) is 0 Å². The number of fused-ring (bicyclic) bond motifs is 1. The highest BCUT2D eigenvalue weighted by Crippen LogP contribution is 2.19. The van der Waals surface area contributed by atoms with Crippen molar-refractivity contribution in [1.29, 1.82) is 0 Å². The van der Waals surface area contributed by atoms with Crippen molar-refractivity contribution >= 4 is 23.2 Å². The van der Waals surface area contributed by atoms with E-state index in [1.807, 2.05) is 0 Å². The van der Waals surface area contributed by atoms with Crippen LogP contribution in [0.5, 0.6) is 0 Å². The second-order valence-electron chi connectivity index (χ2n) is 4.05. The van der Waals surface area contributed by atoms with Crippen LogP contribution in [-0.2, 0) is 27.4 Å². The molecule has 0 bridgehead atoms. The van der Waals surface area contributed by atoms with Gasteiger partial charge in [0.1, 0.15) is 18.5 Å². The zero-order valence-electron chi connectivity index (χ0n) is 10.3. The van der Waals surface area contributed by atoms with E-state index in [1.165, 1.54) is 6.92 Å². The van der Waals surface area contributed by atoms with Gasteiger partial charge in [0, 0.05) is 29.9 Å². The molecule has 0 atom stereocenters. The normalized spacial score (nSPS) is 10.4. The standard InChI is InChI=1S/C14H12O5/c1-9(16)18-8-12-4-2-3-10-7-11(5-6-15)14(17)19-13(10)12/h2-4,6-7H,5,8H2,1H3. The van der Waals surface area contributed by atoms with Gasteiger partial charge in [-0.2, -0.15) is 0 Å². The molecule has 0 aliphatic carbocycles. The van der Waals surface area contributed by atoms with Gasteiger partial charge in [0.05, 0.1) is 0 Å². The van der Waals surface area contributed by atoms with Gasteiger partial charge in [-0.05, 0) is 6.07 Å². The fourth-order valence-electron chi connectivity index (χ4n) is 1.77. The fraction of sp³-hybridized carbons (Fsp3) is 0.214. The highest BCUT2D eigenvalue weighted by molar-refractivity contribution is 5.80. The number of aldehydes is 1. The van der Waals surface area contributed by atoms with E-state index in [2.05, 4.69) is 0 Å². The maximum atomic E-state index is 11.7. The number of esters is 1. The molecule has 0 unspecified atom stereocenters. The molecule has 98 valence electrons. The van der Waals surface area contributed by atoms with E-state index in [1.54, 1.807) is 24.3 Å². The molecule has 1 aromatic heterocycles. The lowest BCUT2D eigenvalue weighted by Gasteiger charge is -2.06. The molecule has 0 radical (unpaired) electrons. The monoisotopic (exact) mass is 260 g/mol. The van der Waals surface area contributed by atoms with Crippen LogP contribution >= 0.6 is 0 Å². The Labute approximate surface area is 108 Å². The molecular formula is C14H12O5. The molecule has 1 heterocycles. The smallest absolute Gasteiger partial charge is 0.339 e. The summed E-state index contributed by atoms with van der Waals surface area (Å²) in [5.41, 5.74) is 0.757. The summed E-state index contributed by atoms with van der Waals surface area (Å²) in [7, 11) is 0. The zero-order valence-corrected chi connectivity index (χ0v) is 10.3. The number of carbonyl (C=O) groups is 2. The molecular weight excluding hydrogens is 248 g/mol. The first-order valence-electron chi connectivity index (χ1n) is 5.73. The summed E-state index contributed by atoms with van der Waals surface area (Å²) in [6, 6.07) is 6.87. The summed E-state index contributed by atoms with van der Waals surface area (Å²) < 4.78 is 10.1. The van der Waals surface area contributed by atoms with Gasteiger partial charge in [0.2, 0.25) is 0 Å². The second-order valence-corrected chi connectivity index (χ2v) is 4.05. The van der Waals surface area contributed by atoms with Crippen molar-refractivity contribution in [1.82, 2.24) is 0 Å². The number of benzene rings is 1. The third-order valence-corrected chi connectivity index (χ3v) is 2.65. The summed E-state index contributed by atoms with van der Waals surface area (Å²) >= 11 is 0. The molecule has 0 saturated carbocycles. The van der Waals surface area contributed by atoms with Gasteiger partial charge in [-0.1, -0.05) is 18.2 Å². The van der Waals surface area contributed by atoms with Gasteiger partial charge in [0.25, 0.3) is 0 Å². The molecule has 0 aliphatic heterocycles. The minimum atomic E-state index is -0.546. The van der Waals surface area contributed by atoms with Crippen LogP contribution in [-0.4, -0.2) is 12.3 Å². The third-order valence-electron chi connectivity index (χ3n) is 2.65. The van der Waals surface area contributed by atoms with Crippen LogP contribution in [0, 0.1) is 0 Å². The Morgan fingerprint density at radius 1 is 1.37 bits per heavy atom. The van der Waals surface area contributed by atoms with E-state index < -0.39 is 11.6 Å². The average Bonchev–Trinajstić information content (AvgIpc) is 2.37. The van der Waals surface area contributed by atoms with Crippen molar-refractivity contribution in [2.45, 2.75) is 20.0 Å². The number of rotatable bonds is 4. The summed E-state index contributed by atoms with van der Waals surface area (Å²) in [5.74, 6) is -0.406. The summed E-state index contributed by atoms with van der Waals surface area (Å²) in [6.45, 7) is 1.35. The Bertz CT molecular complexity index is 684. The number of para-hydroxylation sites is 1. The van der Waals surface area contributed by atoms with Crippen LogP contribution in [0.4, 0.5) is 0 Å². The van der Waals surface area contributed by atoms with E-state index in [0.29, 0.717) is 28.4 Å². The van der Waals surface area contributed by atoms with Crippen molar-refractivity contribution in [3.05, 3.63) is 45.8 Å². The lowest BCUT2D eigenvalue weighted by molar-refractivity contribution is -0.142. The van der Waals surface area contributed by atoms with Gasteiger partial charge in [-0.25, -0.2) is 4.79 Å². The minimum absolute atomic E-state index is 0.0203. The van der Waals surface area contributed by atoms with E-state index in [-0.39, 0.29) is 13.0 Å². The molecule has 0 aliphatic rings. The maximum absolute atomic E-state index is 11.7. The van der Waals surface area contributed by atoms with Gasteiger partial charge in [-0.3, -0.25) is 4.79 Å². The first-order chi connectivity index (χ1) is 9.11. The largest absolute Gasteiger partial charge is 0.461 e. The fourth-order valence-corrected chi connectivity index (χ4v) is 1.77. The zero-order chi connectivity index (χ0) is 13.8. The van der Waals surface area contributed by atoms with E-state index >= 15 is 0 Å². The van der Waals surface area contributed by atoms with Crippen molar-refractivity contribution in [3.8, 4) is 0 Å². The molecule has 0 saturated heterocycles. The highest BCUT2D eigenvalue weighted by atomic mass is 16.5. The molecule has 0 N–H and O–H groups in total. The Hall–Kier alpha value is -2.43. The number of ether oxygens (including phenoxy) is 1. The van der Waals surface area contributed by atoms with Gasteiger partial charge in [-0.15, -0.1) is 0 Å². The number of hydrogen-bond donors (Lipinski definition) is 0. The molecule has 2 aromatic rings. The van der Waals surface area contributed by atoms with Crippen molar-refractivity contribution in [2.75, 3.05) is 0 Å². The van der Waals surface area contributed by atoms with Gasteiger partial charge >= 0.3 is 11.6 Å². The Morgan fingerprint density at radius 3 is 2.84 bits per heavy atom. The van der Waals surface area contributed by atoms with Crippen LogP contribution in [0.25, 0.3) is 11.0 Å². The number of carbonyl (C=O) groups excluding carboxylic acids is 2. The molecule has 19 heavy (non-hydrogen) atoms. The second kappa shape index (κ2) is 5.48. The molecule has 1 aromatic carbocycles. The molecule has 5 nitrogen and oxygen atoms in total. The SMILES string of the molecule is CC(=O)OCc1cccc2cc(CC=O)c(=O)oc12. The summed E-state index contributed by atoms with van der Waals surface area (Å²) in [6.07, 6.45) is 0.674. The summed E-state index contributed by atoms with van der Waals surface area (Å²) in [4.78, 5) is 33.0. The first-order valence-corrected chi connectivity index (χ1v) is 5.73. The Morgan fingerprint density at radius 2 is 2.16 bits per heavy atom. The van der Waals surface area contributed by atoms with E-state index in [9.17, 15) is 14.4 Å². The highest BCUT2D eigenvalue weighted by Gasteiger charge is 2.09. The van der Waals surface area contributed by atoms with Crippen molar-refractivity contribution in [3.63, 3.8) is 0 Å². The van der Waals surface area contributed by atoms with E-state index in [4.69, 9.17) is 9.15 Å². The molecule has 0 amide bonds. The lowest BCUT2D eigenvalue weighted by atomic mass is 10.1. The van der Waals surface area contributed by atoms with Crippen molar-refractivity contribution in [2.24, 2.45) is 0 Å². The number of hydrogen-bond acceptors (Lipinski definition) is 5. The van der Waals surface area contributed by atoms with Crippen LogP contribution < -0.4 is 5.63 Å². The predicted octanol–water partition coefficient (Wildman–Crippen LogP) is 1.60. The Balaban J connectivity index is 2.50. The lowest BCUT2D eigenvalue weighted by Crippen LogP contribution is -2.08. The van der Waals surface area contributed by atoms with Gasteiger partial charge in [0.15, 0.2) is 0 Å². The third kappa shape index (κ3) is 2.88. The average molecular weight is 260 g/mol. The van der Waals surface area contributed by atoms with Crippen LogP contribution in [0.15, 0.2) is 33.5 Å². The van der Waals surface area contributed by atoms with Crippen molar-refractivity contribution < 1.29 is 18.7 Å². The Kier molecular flexibility index (Phi) is 3.75. The summed E-state index contributed by atoms with van der Waals surface area (Å²) in [5, 5.41) is 0.695. The van der Waals surface area contributed by atoms with Gasteiger partial charge < -0.3 is 13.9 Å². The molecule has 0 spiro atoms. The van der Waals surface area contributed by atoms with Crippen LogP contribution in [0.1, 0.15) is 18.1 Å².